The number of benzene rings is 1. The van der Waals surface area contributed by atoms with Crippen LogP contribution in [0.3, 0.4) is 0 Å². The first-order chi connectivity index (χ1) is 8.17. The molecule has 17 heavy (non-hydrogen) atoms. The third-order valence-electron chi connectivity index (χ3n) is 2.82. The van der Waals surface area contributed by atoms with Gasteiger partial charge in [-0.3, -0.25) is 0 Å². The van der Waals surface area contributed by atoms with Crippen LogP contribution in [0.25, 0.3) is 0 Å². The monoisotopic (exact) mass is 258 g/mol. The molecule has 2 N–H and O–H groups in total. The van der Waals surface area contributed by atoms with Crippen LogP contribution in [-0.4, -0.2) is 20.1 Å². The van der Waals surface area contributed by atoms with Gasteiger partial charge in [-0.1, -0.05) is 31.0 Å². The first kappa shape index (κ1) is 14.4. The van der Waals surface area contributed by atoms with Gasteiger partial charge in [-0.2, -0.15) is 0 Å². The van der Waals surface area contributed by atoms with Crippen molar-refractivity contribution in [2.75, 3.05) is 20.1 Å². The van der Waals surface area contributed by atoms with Crippen molar-refractivity contribution in [2.45, 2.75) is 19.9 Å². The Hall–Kier alpha value is -0.640. The molecular formula is C13H20ClFN2. The molecule has 0 amide bonds. The van der Waals surface area contributed by atoms with E-state index in [2.05, 4.69) is 17.6 Å². The van der Waals surface area contributed by atoms with Gasteiger partial charge >= 0.3 is 0 Å². The second-order valence-electron chi connectivity index (χ2n) is 4.21. The molecule has 1 rings (SSSR count). The number of hydrogen-bond acceptors (Lipinski definition) is 2. The fourth-order valence-corrected chi connectivity index (χ4v) is 1.92. The van der Waals surface area contributed by atoms with Crippen LogP contribution in [0.1, 0.15) is 18.9 Å². The predicted octanol–water partition coefficient (Wildman–Crippen LogP) is 2.81. The fraction of sp³-hybridized carbons (Fsp3) is 0.538. The smallest absolute Gasteiger partial charge is 0.141 e. The lowest BCUT2D eigenvalue weighted by molar-refractivity contribution is 0.444. The van der Waals surface area contributed by atoms with Gasteiger partial charge in [0.2, 0.25) is 0 Å². The van der Waals surface area contributed by atoms with Crippen LogP contribution in [0.5, 0.6) is 0 Å². The Morgan fingerprint density at radius 3 is 2.71 bits per heavy atom. The average Bonchev–Trinajstić information content (AvgIpc) is 2.32. The number of rotatable bonds is 7. The Morgan fingerprint density at radius 2 is 2.12 bits per heavy atom. The molecule has 4 heteroatoms. The van der Waals surface area contributed by atoms with Crippen molar-refractivity contribution in [3.05, 3.63) is 34.6 Å². The van der Waals surface area contributed by atoms with Crippen LogP contribution in [0, 0.1) is 11.7 Å². The molecule has 0 bridgehead atoms. The molecule has 2 nitrogen and oxygen atoms in total. The van der Waals surface area contributed by atoms with Gasteiger partial charge in [0.25, 0.3) is 0 Å². The Labute approximate surface area is 108 Å². The lowest BCUT2D eigenvalue weighted by atomic mass is 10.1. The highest BCUT2D eigenvalue weighted by atomic mass is 35.5. The molecule has 0 aliphatic heterocycles. The first-order valence-corrected chi connectivity index (χ1v) is 6.34. The molecular weight excluding hydrogens is 239 g/mol. The summed E-state index contributed by atoms with van der Waals surface area (Å²) in [6, 6.07) is 4.83. The summed E-state index contributed by atoms with van der Waals surface area (Å²) in [7, 11) is 1.96. The summed E-state index contributed by atoms with van der Waals surface area (Å²) in [5.41, 5.74) is 1.01. The van der Waals surface area contributed by atoms with Crippen LogP contribution >= 0.6 is 11.6 Å². The minimum Gasteiger partial charge on any atom is -0.319 e. The second kappa shape index (κ2) is 7.64. The largest absolute Gasteiger partial charge is 0.319 e. The number of nitrogens with one attached hydrogen (secondary N) is 2. The van der Waals surface area contributed by atoms with Gasteiger partial charge in [-0.05, 0) is 43.8 Å². The van der Waals surface area contributed by atoms with Crippen LogP contribution in [0.2, 0.25) is 5.02 Å². The quantitative estimate of drug-likeness (QED) is 0.786. The van der Waals surface area contributed by atoms with Crippen molar-refractivity contribution in [2.24, 2.45) is 5.92 Å². The summed E-state index contributed by atoms with van der Waals surface area (Å²) in [4.78, 5) is 0. The van der Waals surface area contributed by atoms with Gasteiger partial charge < -0.3 is 10.6 Å². The Kier molecular flexibility index (Phi) is 6.48. The van der Waals surface area contributed by atoms with Crippen molar-refractivity contribution in [3.8, 4) is 0 Å². The van der Waals surface area contributed by atoms with E-state index < -0.39 is 0 Å². The molecule has 1 aromatic rings. The van der Waals surface area contributed by atoms with Crippen molar-refractivity contribution in [1.29, 1.82) is 0 Å². The zero-order valence-electron chi connectivity index (χ0n) is 10.4. The summed E-state index contributed by atoms with van der Waals surface area (Å²) < 4.78 is 12.9. The van der Waals surface area contributed by atoms with Gasteiger partial charge in [-0.25, -0.2) is 4.39 Å². The lowest BCUT2D eigenvalue weighted by Crippen LogP contribution is -2.29. The molecule has 1 unspecified atom stereocenters. The molecule has 0 aromatic heterocycles. The van der Waals surface area contributed by atoms with E-state index >= 15 is 0 Å². The summed E-state index contributed by atoms with van der Waals surface area (Å²) in [6.45, 7) is 4.86. The van der Waals surface area contributed by atoms with Gasteiger partial charge in [0, 0.05) is 6.54 Å². The molecule has 0 saturated carbocycles. The molecule has 0 spiro atoms. The molecule has 1 aromatic carbocycles. The van der Waals surface area contributed by atoms with E-state index in [1.165, 1.54) is 6.07 Å². The molecule has 0 aliphatic rings. The summed E-state index contributed by atoms with van der Waals surface area (Å²) in [6.07, 6.45) is 1.14. The molecule has 0 aliphatic carbocycles. The van der Waals surface area contributed by atoms with Gasteiger partial charge in [0.15, 0.2) is 0 Å². The Balaban J connectivity index is 2.37. The van der Waals surface area contributed by atoms with Gasteiger partial charge in [0.1, 0.15) is 5.82 Å². The van der Waals surface area contributed by atoms with Crippen LogP contribution in [0.15, 0.2) is 18.2 Å². The Bertz CT molecular complexity index is 344. The zero-order chi connectivity index (χ0) is 12.7. The number of halogens is 2. The summed E-state index contributed by atoms with van der Waals surface area (Å²) >= 11 is 5.72. The van der Waals surface area contributed by atoms with Crippen molar-refractivity contribution < 1.29 is 4.39 Å². The van der Waals surface area contributed by atoms with E-state index in [0.29, 0.717) is 5.92 Å². The topological polar surface area (TPSA) is 24.1 Å². The molecule has 1 atom stereocenters. The van der Waals surface area contributed by atoms with E-state index in [1.54, 1.807) is 12.1 Å². The minimum absolute atomic E-state index is 0.187. The maximum Gasteiger partial charge on any atom is 0.141 e. The molecule has 0 fully saturated rings. The maximum absolute atomic E-state index is 12.9. The van der Waals surface area contributed by atoms with Crippen molar-refractivity contribution in [1.82, 2.24) is 10.6 Å². The predicted molar refractivity (Wildman–Crippen MR) is 70.8 cm³/mol. The highest BCUT2D eigenvalue weighted by Gasteiger charge is 2.05. The highest BCUT2D eigenvalue weighted by Crippen LogP contribution is 2.15. The summed E-state index contributed by atoms with van der Waals surface area (Å²) in [5.74, 6) is 0.257. The normalized spacial score (nSPS) is 12.7. The standard InChI is InChI=1S/C13H20ClFN2/c1-3-10(7-16-2)8-17-9-11-4-5-13(15)12(14)6-11/h4-6,10,16-17H,3,7-9H2,1-2H3. The number of hydrogen-bond donors (Lipinski definition) is 2. The molecule has 96 valence electrons. The SMILES string of the molecule is CCC(CNC)CNCc1ccc(F)c(Cl)c1. The highest BCUT2D eigenvalue weighted by molar-refractivity contribution is 6.30. The molecule has 0 saturated heterocycles. The third kappa shape index (κ3) is 5.02. The van der Waals surface area contributed by atoms with Crippen LogP contribution in [0.4, 0.5) is 4.39 Å². The van der Waals surface area contributed by atoms with E-state index in [1.807, 2.05) is 7.05 Å². The van der Waals surface area contributed by atoms with E-state index in [0.717, 1.165) is 31.6 Å². The first-order valence-electron chi connectivity index (χ1n) is 5.96. The van der Waals surface area contributed by atoms with Crippen molar-refractivity contribution in [3.63, 3.8) is 0 Å². The minimum atomic E-state index is -0.364. The molecule has 0 heterocycles. The molecule has 0 radical (unpaired) electrons. The van der Waals surface area contributed by atoms with E-state index in [-0.39, 0.29) is 10.8 Å². The van der Waals surface area contributed by atoms with Crippen LogP contribution < -0.4 is 10.6 Å². The zero-order valence-corrected chi connectivity index (χ0v) is 11.1. The van der Waals surface area contributed by atoms with Gasteiger partial charge in [-0.15, -0.1) is 0 Å². The average molecular weight is 259 g/mol. The lowest BCUT2D eigenvalue weighted by Gasteiger charge is -2.15. The Morgan fingerprint density at radius 1 is 1.35 bits per heavy atom. The van der Waals surface area contributed by atoms with Gasteiger partial charge in [0.05, 0.1) is 5.02 Å². The van der Waals surface area contributed by atoms with E-state index in [9.17, 15) is 4.39 Å². The van der Waals surface area contributed by atoms with Crippen molar-refractivity contribution >= 4 is 11.6 Å². The fourth-order valence-electron chi connectivity index (χ4n) is 1.72. The maximum atomic E-state index is 12.9. The third-order valence-corrected chi connectivity index (χ3v) is 3.11. The van der Waals surface area contributed by atoms with Crippen LogP contribution in [-0.2, 0) is 6.54 Å². The summed E-state index contributed by atoms with van der Waals surface area (Å²) in [5, 5.41) is 6.72. The van der Waals surface area contributed by atoms with E-state index in [4.69, 9.17) is 11.6 Å². The second-order valence-corrected chi connectivity index (χ2v) is 4.62.